The van der Waals surface area contributed by atoms with Crippen molar-refractivity contribution in [2.75, 3.05) is 0 Å². The number of hydrogen-bond acceptors (Lipinski definition) is 4. The Labute approximate surface area is 240 Å². The van der Waals surface area contributed by atoms with Gasteiger partial charge in [0.25, 0.3) is 5.91 Å². The van der Waals surface area contributed by atoms with Crippen LogP contribution in [0.25, 0.3) is 0 Å². The molecule has 40 heavy (non-hydrogen) atoms. The van der Waals surface area contributed by atoms with Crippen LogP contribution in [0.3, 0.4) is 0 Å². The predicted molar refractivity (Wildman–Crippen MR) is 163 cm³/mol. The first-order valence-corrected chi connectivity index (χ1v) is 14.4. The molecule has 1 aliphatic rings. The predicted octanol–water partition coefficient (Wildman–Crippen LogP) is 9.21. The van der Waals surface area contributed by atoms with Crippen LogP contribution < -0.4 is 14.8 Å². The highest BCUT2D eigenvalue weighted by Crippen LogP contribution is 2.40. The van der Waals surface area contributed by atoms with Crippen LogP contribution in [0.4, 0.5) is 4.79 Å². The van der Waals surface area contributed by atoms with E-state index in [1.807, 2.05) is 19.1 Å². The topological polar surface area (TPSA) is 64.6 Å². The van der Waals surface area contributed by atoms with Crippen LogP contribution in [-0.4, -0.2) is 17.6 Å². The number of hydrogen-bond donors (Lipinski definition) is 1. The van der Waals surface area contributed by atoms with E-state index in [-0.39, 0.29) is 5.60 Å². The fourth-order valence-corrected chi connectivity index (χ4v) is 4.92. The lowest BCUT2D eigenvalue weighted by Gasteiger charge is -2.37. The van der Waals surface area contributed by atoms with Crippen LogP contribution in [0.5, 0.6) is 11.5 Å². The fraction of sp³-hybridized carbons (Fsp3) is 0.429. The number of amides is 2. The van der Waals surface area contributed by atoms with Crippen molar-refractivity contribution < 1.29 is 19.1 Å². The molecule has 0 aliphatic carbocycles. The van der Waals surface area contributed by atoms with Gasteiger partial charge >= 0.3 is 6.09 Å². The maximum absolute atomic E-state index is 12.3. The quantitative estimate of drug-likeness (QED) is 0.287. The van der Waals surface area contributed by atoms with E-state index in [1.54, 1.807) is 30.3 Å². The van der Waals surface area contributed by atoms with Crippen molar-refractivity contribution in [3.63, 3.8) is 0 Å². The zero-order valence-electron chi connectivity index (χ0n) is 25.1. The van der Waals surface area contributed by atoms with Gasteiger partial charge in [0.2, 0.25) is 0 Å². The Bertz CT molecular complexity index is 1270. The van der Waals surface area contributed by atoms with Gasteiger partial charge in [-0.1, -0.05) is 53.1 Å². The monoisotopic (exact) mass is 543 g/mol. The highest BCUT2D eigenvalue weighted by atomic mass is 16.6. The number of ether oxygens (including phenoxy) is 2. The summed E-state index contributed by atoms with van der Waals surface area (Å²) in [6, 6.07) is 12.2. The van der Waals surface area contributed by atoms with Crippen molar-refractivity contribution in [1.29, 1.82) is 0 Å². The lowest BCUT2D eigenvalue weighted by Crippen LogP contribution is -2.36. The van der Waals surface area contributed by atoms with Gasteiger partial charge in [0.15, 0.2) is 0 Å². The molecule has 0 aromatic heterocycles. The van der Waals surface area contributed by atoms with E-state index in [1.165, 1.54) is 16.7 Å². The van der Waals surface area contributed by atoms with Crippen LogP contribution in [0.1, 0.15) is 101 Å². The average Bonchev–Trinajstić information content (AvgIpc) is 2.89. The molecule has 0 bridgehead atoms. The Hall–Kier alpha value is -3.60. The molecule has 1 N–H and O–H groups in total. The maximum atomic E-state index is 12.3. The van der Waals surface area contributed by atoms with E-state index in [4.69, 9.17) is 9.47 Å². The second-order valence-corrected chi connectivity index (χ2v) is 11.5. The van der Waals surface area contributed by atoms with Crippen molar-refractivity contribution in [3.05, 3.63) is 94.1 Å². The average molecular weight is 544 g/mol. The number of rotatable bonds is 11. The minimum absolute atomic E-state index is 0.238. The molecule has 0 saturated heterocycles. The number of carbonyl (C=O) groups excluding carboxylic acids is 2. The SMILES string of the molecule is CC(C)=CCCC(C)=CCCC(C)=CCCC1(C)CCc2cc(OC(=O)NC(=O)c3ccccc3)cc(C)c2O1. The molecule has 2 amide bonds. The van der Waals surface area contributed by atoms with E-state index < -0.39 is 12.0 Å². The molecule has 1 aliphatic heterocycles. The van der Waals surface area contributed by atoms with Gasteiger partial charge < -0.3 is 9.47 Å². The van der Waals surface area contributed by atoms with Gasteiger partial charge in [0, 0.05) is 5.56 Å². The summed E-state index contributed by atoms with van der Waals surface area (Å²) in [4.78, 5) is 24.6. The molecule has 1 atom stereocenters. The second-order valence-electron chi connectivity index (χ2n) is 11.5. The summed E-state index contributed by atoms with van der Waals surface area (Å²) >= 11 is 0. The molecule has 2 aromatic rings. The minimum Gasteiger partial charge on any atom is -0.487 e. The first-order chi connectivity index (χ1) is 19.0. The molecule has 214 valence electrons. The summed E-state index contributed by atoms with van der Waals surface area (Å²) in [5.74, 6) is 0.781. The first kappa shape index (κ1) is 30.9. The molecule has 3 rings (SSSR count). The Balaban J connectivity index is 1.49. The summed E-state index contributed by atoms with van der Waals surface area (Å²) in [6.45, 7) is 12.9. The second kappa shape index (κ2) is 14.7. The van der Waals surface area contributed by atoms with Crippen molar-refractivity contribution in [2.24, 2.45) is 0 Å². The maximum Gasteiger partial charge on any atom is 0.419 e. The van der Waals surface area contributed by atoms with Gasteiger partial charge in [-0.25, -0.2) is 4.79 Å². The summed E-state index contributed by atoms with van der Waals surface area (Å²) in [6.07, 6.45) is 14.3. The van der Waals surface area contributed by atoms with Crippen LogP contribution in [0.15, 0.2) is 77.4 Å². The highest BCUT2D eigenvalue weighted by Gasteiger charge is 2.32. The number of aryl methyl sites for hydroxylation is 2. The zero-order chi connectivity index (χ0) is 29.1. The molecule has 1 unspecified atom stereocenters. The van der Waals surface area contributed by atoms with Gasteiger partial charge in [-0.3, -0.25) is 10.1 Å². The van der Waals surface area contributed by atoms with Crippen LogP contribution in [0, 0.1) is 6.92 Å². The Morgan fingerprint density at radius 3 is 2.27 bits per heavy atom. The number of benzene rings is 2. The summed E-state index contributed by atoms with van der Waals surface area (Å²) in [5, 5.41) is 2.28. The normalized spacial score (nSPS) is 16.9. The van der Waals surface area contributed by atoms with Gasteiger partial charge in [-0.05, 0) is 128 Å². The first-order valence-electron chi connectivity index (χ1n) is 14.4. The molecular formula is C35H45NO4. The van der Waals surface area contributed by atoms with Crippen molar-refractivity contribution in [3.8, 4) is 11.5 Å². The third kappa shape index (κ3) is 9.86. The molecule has 0 radical (unpaired) electrons. The molecule has 1 heterocycles. The molecule has 0 fully saturated rings. The smallest absolute Gasteiger partial charge is 0.419 e. The summed E-state index contributed by atoms with van der Waals surface area (Å²) in [7, 11) is 0. The summed E-state index contributed by atoms with van der Waals surface area (Å²) < 4.78 is 12.0. The lowest BCUT2D eigenvalue weighted by atomic mass is 9.87. The minimum atomic E-state index is -0.800. The summed E-state index contributed by atoms with van der Waals surface area (Å²) in [5.41, 5.74) is 6.38. The molecule has 0 spiro atoms. The number of nitrogens with one attached hydrogen (secondary N) is 1. The van der Waals surface area contributed by atoms with Crippen molar-refractivity contribution >= 4 is 12.0 Å². The van der Waals surface area contributed by atoms with E-state index in [0.717, 1.165) is 68.2 Å². The number of imide groups is 1. The van der Waals surface area contributed by atoms with Crippen molar-refractivity contribution in [1.82, 2.24) is 5.32 Å². The molecular weight excluding hydrogens is 498 g/mol. The largest absolute Gasteiger partial charge is 0.487 e. The molecule has 5 heteroatoms. The number of carbonyl (C=O) groups is 2. The Morgan fingerprint density at radius 2 is 1.60 bits per heavy atom. The fourth-order valence-electron chi connectivity index (χ4n) is 4.92. The third-order valence-electron chi connectivity index (χ3n) is 7.35. The lowest BCUT2D eigenvalue weighted by molar-refractivity contribution is 0.0561. The third-order valence-corrected chi connectivity index (χ3v) is 7.35. The van der Waals surface area contributed by atoms with Gasteiger partial charge in [-0.2, -0.15) is 0 Å². The molecule has 0 saturated carbocycles. The highest BCUT2D eigenvalue weighted by molar-refractivity contribution is 6.03. The van der Waals surface area contributed by atoms with E-state index in [0.29, 0.717) is 11.3 Å². The Kier molecular flexibility index (Phi) is 11.4. The standard InChI is InChI=1S/C35H45NO4/c1-25(2)13-10-14-26(3)15-11-16-27(4)17-12-21-35(6)22-20-30-24-31(23-28(5)32(30)40-35)39-34(38)36-33(37)29-18-8-7-9-19-29/h7-9,13,15,17-19,23-24H,10-12,14,16,20-22H2,1-6H3,(H,36,37,38). The van der Waals surface area contributed by atoms with Gasteiger partial charge in [-0.15, -0.1) is 0 Å². The number of fused-ring (bicyclic) bond motifs is 1. The molecule has 5 nitrogen and oxygen atoms in total. The van der Waals surface area contributed by atoms with Gasteiger partial charge in [0.05, 0.1) is 0 Å². The van der Waals surface area contributed by atoms with E-state index >= 15 is 0 Å². The Morgan fingerprint density at radius 1 is 0.950 bits per heavy atom. The van der Waals surface area contributed by atoms with E-state index in [9.17, 15) is 9.59 Å². The zero-order valence-corrected chi connectivity index (χ0v) is 25.1. The van der Waals surface area contributed by atoms with Crippen LogP contribution >= 0.6 is 0 Å². The van der Waals surface area contributed by atoms with E-state index in [2.05, 4.69) is 58.2 Å². The van der Waals surface area contributed by atoms with Crippen molar-refractivity contribution in [2.45, 2.75) is 98.5 Å². The van der Waals surface area contributed by atoms with Crippen LogP contribution in [0.2, 0.25) is 0 Å². The molecule has 2 aromatic carbocycles. The van der Waals surface area contributed by atoms with Crippen LogP contribution in [-0.2, 0) is 6.42 Å². The van der Waals surface area contributed by atoms with Gasteiger partial charge in [0.1, 0.15) is 17.1 Å². The number of allylic oxidation sites excluding steroid dienone is 6.